The monoisotopic (exact) mass is 244 g/mol. The van der Waals surface area contributed by atoms with Crippen LogP contribution in [0, 0.1) is 0 Å². The lowest BCUT2D eigenvalue weighted by Gasteiger charge is -2.24. The van der Waals surface area contributed by atoms with E-state index in [4.69, 9.17) is 0 Å². The zero-order chi connectivity index (χ0) is 12.5. The van der Waals surface area contributed by atoms with Crippen molar-refractivity contribution >= 4 is 0 Å². The number of hydrogen-bond donors (Lipinski definition) is 1. The highest BCUT2D eigenvalue weighted by Crippen LogP contribution is 2.43. The molecule has 1 saturated carbocycles. The van der Waals surface area contributed by atoms with Crippen LogP contribution in [0.5, 0.6) is 5.75 Å². The maximum Gasteiger partial charge on any atom is 0.419 e. The molecule has 0 spiro atoms. The summed E-state index contributed by atoms with van der Waals surface area (Å²) >= 11 is 0. The van der Waals surface area contributed by atoms with Crippen molar-refractivity contribution in [3.05, 3.63) is 29.3 Å². The van der Waals surface area contributed by atoms with Crippen LogP contribution in [0.2, 0.25) is 0 Å². The van der Waals surface area contributed by atoms with Gasteiger partial charge < -0.3 is 5.11 Å². The molecular weight excluding hydrogens is 229 g/mol. The van der Waals surface area contributed by atoms with Crippen molar-refractivity contribution < 1.29 is 18.3 Å². The summed E-state index contributed by atoms with van der Waals surface area (Å²) in [5, 5.41) is 9.76. The predicted molar refractivity (Wildman–Crippen MR) is 58.9 cm³/mol. The molecule has 0 saturated heterocycles. The maximum atomic E-state index is 12.6. The van der Waals surface area contributed by atoms with E-state index in [1.807, 2.05) is 0 Å². The highest BCUT2D eigenvalue weighted by molar-refractivity contribution is 5.44. The summed E-state index contributed by atoms with van der Waals surface area (Å²) in [6, 6.07) is 3.93. The molecule has 0 aliphatic heterocycles. The van der Waals surface area contributed by atoms with E-state index in [-0.39, 0.29) is 5.92 Å². The Morgan fingerprint density at radius 1 is 1.06 bits per heavy atom. The SMILES string of the molecule is Oc1c(C2CCCCC2)cccc1C(F)(F)F. The highest BCUT2D eigenvalue weighted by atomic mass is 19.4. The van der Waals surface area contributed by atoms with Gasteiger partial charge in [-0.25, -0.2) is 0 Å². The zero-order valence-electron chi connectivity index (χ0n) is 9.43. The van der Waals surface area contributed by atoms with Crippen molar-refractivity contribution in [2.45, 2.75) is 44.2 Å². The second-order valence-electron chi connectivity index (χ2n) is 4.58. The minimum atomic E-state index is -4.48. The fourth-order valence-electron chi connectivity index (χ4n) is 2.53. The summed E-state index contributed by atoms with van der Waals surface area (Å²) in [4.78, 5) is 0. The van der Waals surface area contributed by atoms with Crippen molar-refractivity contribution in [3.63, 3.8) is 0 Å². The third-order valence-electron chi connectivity index (χ3n) is 3.42. The molecule has 0 atom stereocenters. The Labute approximate surface area is 98.3 Å². The first-order valence-corrected chi connectivity index (χ1v) is 5.89. The minimum Gasteiger partial charge on any atom is -0.507 e. The number of para-hydroxylation sites is 1. The van der Waals surface area contributed by atoms with Crippen LogP contribution >= 0.6 is 0 Å². The predicted octanol–water partition coefficient (Wildman–Crippen LogP) is 4.46. The standard InChI is InChI=1S/C13H15F3O/c14-13(15,16)11-8-4-7-10(12(11)17)9-5-2-1-3-6-9/h4,7-9,17H,1-3,5-6H2. The molecule has 17 heavy (non-hydrogen) atoms. The van der Waals surface area contributed by atoms with Crippen LogP contribution in [0.15, 0.2) is 18.2 Å². The third kappa shape index (κ3) is 2.56. The molecule has 0 aromatic heterocycles. The van der Waals surface area contributed by atoms with Gasteiger partial charge in [-0.2, -0.15) is 13.2 Å². The number of hydrogen-bond acceptors (Lipinski definition) is 1. The average Bonchev–Trinajstić information content (AvgIpc) is 2.29. The van der Waals surface area contributed by atoms with Crippen LogP contribution in [-0.2, 0) is 6.18 Å². The topological polar surface area (TPSA) is 20.2 Å². The molecule has 94 valence electrons. The molecule has 0 bridgehead atoms. The molecule has 0 unspecified atom stereocenters. The quantitative estimate of drug-likeness (QED) is 0.773. The van der Waals surface area contributed by atoms with Gasteiger partial charge in [0.25, 0.3) is 0 Å². The molecule has 1 aromatic carbocycles. The summed E-state index contributed by atoms with van der Waals surface area (Å²) < 4.78 is 37.9. The number of phenols is 1. The lowest BCUT2D eigenvalue weighted by Crippen LogP contribution is -2.09. The lowest BCUT2D eigenvalue weighted by atomic mass is 9.83. The third-order valence-corrected chi connectivity index (χ3v) is 3.42. The summed E-state index contributed by atoms with van der Waals surface area (Å²) in [7, 11) is 0. The van der Waals surface area contributed by atoms with Gasteiger partial charge in [-0.3, -0.25) is 0 Å². The Bertz CT molecular complexity index is 392. The maximum absolute atomic E-state index is 12.6. The first-order chi connectivity index (χ1) is 8.00. The molecule has 1 nitrogen and oxygen atoms in total. The molecule has 2 rings (SSSR count). The van der Waals surface area contributed by atoms with E-state index >= 15 is 0 Å². The largest absolute Gasteiger partial charge is 0.507 e. The van der Waals surface area contributed by atoms with E-state index in [9.17, 15) is 18.3 Å². The van der Waals surface area contributed by atoms with Crippen molar-refractivity contribution in [2.24, 2.45) is 0 Å². The minimum absolute atomic E-state index is 0.0750. The Hall–Kier alpha value is -1.19. The first-order valence-electron chi connectivity index (χ1n) is 5.89. The molecule has 0 amide bonds. The molecule has 0 radical (unpaired) electrons. The number of halogens is 3. The molecule has 4 heteroatoms. The Kier molecular flexibility index (Phi) is 3.31. The van der Waals surface area contributed by atoms with E-state index in [2.05, 4.69) is 0 Å². The van der Waals surface area contributed by atoms with Crippen LogP contribution in [-0.4, -0.2) is 5.11 Å². The van der Waals surface area contributed by atoms with Gasteiger partial charge in [0.1, 0.15) is 5.75 Å². The fourth-order valence-corrected chi connectivity index (χ4v) is 2.53. The molecule has 1 aliphatic rings. The molecule has 1 aromatic rings. The van der Waals surface area contributed by atoms with E-state index in [0.717, 1.165) is 38.2 Å². The van der Waals surface area contributed by atoms with Crippen molar-refractivity contribution in [3.8, 4) is 5.75 Å². The van der Waals surface area contributed by atoms with Crippen LogP contribution < -0.4 is 0 Å². The van der Waals surface area contributed by atoms with E-state index in [1.54, 1.807) is 6.07 Å². The molecule has 0 heterocycles. The van der Waals surface area contributed by atoms with Crippen molar-refractivity contribution in [1.29, 1.82) is 0 Å². The van der Waals surface area contributed by atoms with Gasteiger partial charge in [0.05, 0.1) is 5.56 Å². The van der Waals surface area contributed by atoms with Crippen molar-refractivity contribution in [2.75, 3.05) is 0 Å². The number of phenolic OH excluding ortho intramolecular Hbond substituents is 1. The number of aromatic hydroxyl groups is 1. The Morgan fingerprint density at radius 2 is 1.71 bits per heavy atom. The van der Waals surface area contributed by atoms with Crippen LogP contribution in [0.25, 0.3) is 0 Å². The first kappa shape index (κ1) is 12.3. The summed E-state index contributed by atoms with van der Waals surface area (Å²) in [6.45, 7) is 0. The normalized spacial score (nSPS) is 18.3. The summed E-state index contributed by atoms with van der Waals surface area (Å²) in [6.07, 6.45) is 0.454. The molecule has 1 aliphatic carbocycles. The molecule has 1 fully saturated rings. The summed E-state index contributed by atoms with van der Waals surface area (Å²) in [5.41, 5.74) is -0.458. The second-order valence-corrected chi connectivity index (χ2v) is 4.58. The van der Waals surface area contributed by atoms with Gasteiger partial charge in [0, 0.05) is 0 Å². The number of rotatable bonds is 1. The van der Waals surface area contributed by atoms with Crippen LogP contribution in [0.4, 0.5) is 13.2 Å². The molecule has 1 N–H and O–H groups in total. The smallest absolute Gasteiger partial charge is 0.419 e. The summed E-state index contributed by atoms with van der Waals surface area (Å²) in [5.74, 6) is -0.502. The van der Waals surface area contributed by atoms with Gasteiger partial charge in [0.2, 0.25) is 0 Å². The van der Waals surface area contributed by atoms with Crippen LogP contribution in [0.3, 0.4) is 0 Å². The Balaban J connectivity index is 2.35. The number of alkyl halides is 3. The van der Waals surface area contributed by atoms with Gasteiger partial charge >= 0.3 is 6.18 Å². The van der Waals surface area contributed by atoms with Crippen LogP contribution in [0.1, 0.15) is 49.1 Å². The zero-order valence-corrected chi connectivity index (χ0v) is 9.43. The van der Waals surface area contributed by atoms with Gasteiger partial charge in [-0.05, 0) is 30.4 Å². The fraction of sp³-hybridized carbons (Fsp3) is 0.538. The van der Waals surface area contributed by atoms with Gasteiger partial charge in [-0.1, -0.05) is 31.4 Å². The van der Waals surface area contributed by atoms with E-state index in [0.29, 0.717) is 5.56 Å². The second kappa shape index (κ2) is 4.59. The van der Waals surface area contributed by atoms with Crippen molar-refractivity contribution in [1.82, 2.24) is 0 Å². The van der Waals surface area contributed by atoms with Gasteiger partial charge in [-0.15, -0.1) is 0 Å². The number of benzene rings is 1. The average molecular weight is 244 g/mol. The molecular formula is C13H15F3O. The lowest BCUT2D eigenvalue weighted by molar-refractivity contribution is -0.138. The van der Waals surface area contributed by atoms with E-state index in [1.165, 1.54) is 6.07 Å². The Morgan fingerprint density at radius 3 is 2.29 bits per heavy atom. The van der Waals surface area contributed by atoms with Gasteiger partial charge in [0.15, 0.2) is 0 Å². The van der Waals surface area contributed by atoms with E-state index < -0.39 is 17.5 Å². The highest BCUT2D eigenvalue weighted by Gasteiger charge is 2.35.